The molecule has 6 nitrogen and oxygen atoms in total. The molecule has 0 N–H and O–H groups in total. The van der Waals surface area contributed by atoms with Crippen molar-refractivity contribution >= 4 is 65.4 Å². The van der Waals surface area contributed by atoms with E-state index in [0.717, 1.165) is 27.3 Å². The highest BCUT2D eigenvalue weighted by Gasteiger charge is 2.20. The molecule has 0 fully saturated rings. The second kappa shape index (κ2) is 9.35. The first-order chi connectivity index (χ1) is 18.7. The van der Waals surface area contributed by atoms with E-state index in [2.05, 4.69) is 15.9 Å². The van der Waals surface area contributed by atoms with Crippen LogP contribution in [0.2, 0.25) is 0 Å². The highest BCUT2D eigenvalue weighted by Crippen LogP contribution is 2.38. The van der Waals surface area contributed by atoms with E-state index in [1.54, 1.807) is 18.2 Å². The minimum absolute atomic E-state index is 0.276. The van der Waals surface area contributed by atoms with Gasteiger partial charge in [0.05, 0.1) is 5.56 Å². The van der Waals surface area contributed by atoms with Gasteiger partial charge in [-0.3, -0.25) is 14.2 Å². The topological polar surface area (TPSA) is 78.5 Å². The summed E-state index contributed by atoms with van der Waals surface area (Å²) in [4.78, 5) is 39.0. The monoisotopic (exact) mass is 583 g/mol. The van der Waals surface area contributed by atoms with Gasteiger partial charge in [-0.05, 0) is 86.2 Å². The summed E-state index contributed by atoms with van der Waals surface area (Å²) in [5.41, 5.74) is 2.59. The molecule has 196 valence electrons. The fourth-order valence-electron chi connectivity index (χ4n) is 5.20. The van der Waals surface area contributed by atoms with Crippen LogP contribution in [0, 0.1) is 0 Å². The third kappa shape index (κ3) is 4.31. The second-order valence-corrected chi connectivity index (χ2v) is 11.5. The lowest BCUT2D eigenvalue weighted by Crippen LogP contribution is -2.33. The number of carbonyl (C=O) groups is 1. The molecule has 2 aromatic heterocycles. The molecule has 0 saturated carbocycles. The molecule has 0 aliphatic heterocycles. The second-order valence-electron chi connectivity index (χ2n) is 10.7. The van der Waals surface area contributed by atoms with Gasteiger partial charge in [0.25, 0.3) is 11.1 Å². The van der Waals surface area contributed by atoms with E-state index in [4.69, 9.17) is 9.15 Å². The van der Waals surface area contributed by atoms with Gasteiger partial charge in [-0.25, -0.2) is 4.79 Å². The van der Waals surface area contributed by atoms with E-state index >= 15 is 0 Å². The van der Waals surface area contributed by atoms with Crippen LogP contribution in [0.5, 0.6) is 0 Å². The first-order valence-electron chi connectivity index (χ1n) is 12.8. The van der Waals surface area contributed by atoms with Crippen molar-refractivity contribution in [1.29, 1.82) is 0 Å². The van der Waals surface area contributed by atoms with Gasteiger partial charge in [0, 0.05) is 38.8 Å². The number of aromatic nitrogens is 1. The smallest absolute Gasteiger partial charge is 0.338 e. The van der Waals surface area contributed by atoms with E-state index in [1.807, 2.05) is 69.3 Å². The quantitative estimate of drug-likeness (QED) is 0.0923. The number of pyridine rings is 1. The summed E-state index contributed by atoms with van der Waals surface area (Å²) < 4.78 is 13.1. The molecular formula is C32H26BrNO5. The molecule has 4 aromatic carbocycles. The zero-order chi connectivity index (χ0) is 27.5. The third-order valence-electron chi connectivity index (χ3n) is 6.93. The Morgan fingerprint density at radius 1 is 0.795 bits per heavy atom. The number of hydrogen-bond acceptors (Lipinski definition) is 5. The zero-order valence-corrected chi connectivity index (χ0v) is 23.4. The zero-order valence-electron chi connectivity index (χ0n) is 21.8. The van der Waals surface area contributed by atoms with Crippen LogP contribution in [0.3, 0.4) is 0 Å². The van der Waals surface area contributed by atoms with Crippen molar-refractivity contribution in [2.75, 3.05) is 5.33 Å². The highest BCUT2D eigenvalue weighted by molar-refractivity contribution is 9.09. The number of rotatable bonds is 5. The van der Waals surface area contributed by atoms with Crippen LogP contribution < -0.4 is 11.1 Å². The van der Waals surface area contributed by atoms with Gasteiger partial charge >= 0.3 is 5.97 Å². The number of alkyl halides is 1. The molecule has 0 saturated heterocycles. The number of benzene rings is 4. The molecule has 0 unspecified atom stereocenters. The van der Waals surface area contributed by atoms with Crippen molar-refractivity contribution in [2.24, 2.45) is 0 Å². The van der Waals surface area contributed by atoms with Crippen molar-refractivity contribution in [3.8, 4) is 11.1 Å². The minimum Gasteiger partial charge on any atom is -0.456 e. The SMILES string of the molecule is CC(C)(C)OC(=O)c1ccc(-c2ccc3oc4ccc5c(=O)n(CCCBr)c(=O)c6ccc(c3c2)c4c56)cc1. The minimum atomic E-state index is -0.563. The standard InChI is InChI=1S/C32H26BrNO5/c1-32(2,3)39-31(37)19-7-5-18(6-8-19)20-9-13-25-24(17-20)21-10-11-22-27-23(12-14-26(38-25)28(21)27)30(36)34(29(22)35)16-4-15-33/h5-14,17H,4,15-16H2,1-3H3. The summed E-state index contributed by atoms with van der Waals surface area (Å²) in [5, 5.41) is 4.95. The van der Waals surface area contributed by atoms with Crippen LogP contribution in [-0.2, 0) is 11.3 Å². The molecule has 6 rings (SSSR count). The molecule has 0 bridgehead atoms. The molecule has 0 radical (unpaired) electrons. The van der Waals surface area contributed by atoms with E-state index in [-0.39, 0.29) is 17.1 Å². The lowest BCUT2D eigenvalue weighted by molar-refractivity contribution is 0.00695. The fourth-order valence-corrected chi connectivity index (χ4v) is 5.45. The van der Waals surface area contributed by atoms with Crippen LogP contribution in [0.15, 0.2) is 80.7 Å². The maximum atomic E-state index is 13.3. The summed E-state index contributed by atoms with van der Waals surface area (Å²) in [6.07, 6.45) is 0.685. The molecule has 0 aliphatic carbocycles. The number of halogens is 1. The largest absolute Gasteiger partial charge is 0.456 e. The maximum Gasteiger partial charge on any atom is 0.338 e. The predicted molar refractivity (Wildman–Crippen MR) is 159 cm³/mol. The van der Waals surface area contributed by atoms with E-state index in [0.29, 0.717) is 51.2 Å². The van der Waals surface area contributed by atoms with Crippen molar-refractivity contribution < 1.29 is 13.9 Å². The van der Waals surface area contributed by atoms with Gasteiger partial charge in [0.2, 0.25) is 0 Å². The fraction of sp³-hybridized carbons (Fsp3) is 0.219. The molecular weight excluding hydrogens is 558 g/mol. The number of esters is 1. The normalized spacial score (nSPS) is 12.2. The highest BCUT2D eigenvalue weighted by atomic mass is 79.9. The lowest BCUT2D eigenvalue weighted by Gasteiger charge is -2.19. The van der Waals surface area contributed by atoms with Crippen molar-refractivity contribution in [3.05, 3.63) is 93.0 Å². The van der Waals surface area contributed by atoms with Gasteiger partial charge in [0.15, 0.2) is 0 Å². The third-order valence-corrected chi connectivity index (χ3v) is 7.49. The van der Waals surface area contributed by atoms with Gasteiger partial charge in [-0.1, -0.05) is 40.2 Å². The van der Waals surface area contributed by atoms with E-state index < -0.39 is 5.60 Å². The average Bonchev–Trinajstić information content (AvgIpc) is 2.91. The Labute approximate surface area is 232 Å². The predicted octanol–water partition coefficient (Wildman–Crippen LogP) is 7.26. The van der Waals surface area contributed by atoms with Gasteiger partial charge < -0.3 is 9.15 Å². The number of fused-ring (bicyclic) bond motifs is 2. The number of ether oxygens (including phenoxy) is 1. The first-order valence-corrected chi connectivity index (χ1v) is 14.0. The summed E-state index contributed by atoms with van der Waals surface area (Å²) in [6, 6.07) is 20.6. The Morgan fingerprint density at radius 2 is 1.41 bits per heavy atom. The van der Waals surface area contributed by atoms with Crippen molar-refractivity contribution in [3.63, 3.8) is 0 Å². The van der Waals surface area contributed by atoms with Gasteiger partial charge in [-0.2, -0.15) is 0 Å². The van der Waals surface area contributed by atoms with Crippen LogP contribution >= 0.6 is 15.9 Å². The summed E-state index contributed by atoms with van der Waals surface area (Å²) in [6.45, 7) is 5.89. The Balaban J connectivity index is 1.52. The Morgan fingerprint density at radius 3 is 2.08 bits per heavy atom. The molecule has 0 atom stereocenters. The van der Waals surface area contributed by atoms with E-state index in [1.165, 1.54) is 4.57 Å². The van der Waals surface area contributed by atoms with Crippen molar-refractivity contribution in [2.45, 2.75) is 39.3 Å². The Bertz CT molecular complexity index is 1980. The van der Waals surface area contributed by atoms with Crippen LogP contribution in [-0.4, -0.2) is 21.5 Å². The molecule has 0 aliphatic rings. The molecule has 39 heavy (non-hydrogen) atoms. The van der Waals surface area contributed by atoms with Crippen LogP contribution in [0.1, 0.15) is 37.6 Å². The molecule has 7 heteroatoms. The Hall–Kier alpha value is -3.97. The molecule has 6 aromatic rings. The lowest BCUT2D eigenvalue weighted by atomic mass is 9.95. The molecule has 0 spiro atoms. The van der Waals surface area contributed by atoms with E-state index in [9.17, 15) is 14.4 Å². The molecule has 2 heterocycles. The Kier molecular flexibility index (Phi) is 6.07. The van der Waals surface area contributed by atoms with Crippen LogP contribution in [0.25, 0.3) is 54.6 Å². The summed E-state index contributed by atoms with van der Waals surface area (Å²) in [7, 11) is 0. The average molecular weight is 584 g/mol. The number of carbonyl (C=O) groups excluding carboxylic acids is 1. The molecule has 0 amide bonds. The van der Waals surface area contributed by atoms with Crippen molar-refractivity contribution in [1.82, 2.24) is 4.57 Å². The maximum absolute atomic E-state index is 13.3. The van der Waals surface area contributed by atoms with Crippen LogP contribution in [0.4, 0.5) is 0 Å². The number of hydrogen-bond donors (Lipinski definition) is 0. The number of nitrogens with zero attached hydrogens (tertiary/aromatic N) is 1. The van der Waals surface area contributed by atoms with Gasteiger partial charge in [-0.15, -0.1) is 0 Å². The van der Waals surface area contributed by atoms with Gasteiger partial charge in [0.1, 0.15) is 16.8 Å². The summed E-state index contributed by atoms with van der Waals surface area (Å²) >= 11 is 3.38. The first kappa shape index (κ1) is 25.3. The summed E-state index contributed by atoms with van der Waals surface area (Å²) in [5.74, 6) is -0.362.